The van der Waals surface area contributed by atoms with Crippen LogP contribution in [0.2, 0.25) is 0 Å². The standard InChI is InChI=1S/C17H23O3.C5H5.Fe/c1-2-3-4-5-6-9-14-10-7-11-15(14)16(18)12-8-13-17(19)20;1-2-4-5-3-1;/h7,10-11,16,18H,2-5,8,12-13H2,1H3,(H,19,20);1-5H;/q;;+2/t16-;;/m0../s1. The van der Waals surface area contributed by atoms with Crippen molar-refractivity contribution in [2.45, 2.75) is 58.0 Å². The van der Waals surface area contributed by atoms with Crippen LogP contribution in [0, 0.1) is 75.0 Å². The largest absolute Gasteiger partial charge is 2.00 e. The molecule has 2 fully saturated rings. The second-order valence-electron chi connectivity index (χ2n) is 5.92. The van der Waals surface area contributed by atoms with Gasteiger partial charge in [-0.05, 0) is 70.6 Å². The summed E-state index contributed by atoms with van der Waals surface area (Å²) in [6, 6.07) is 0. The van der Waals surface area contributed by atoms with Crippen LogP contribution in [0.4, 0.5) is 0 Å². The maximum Gasteiger partial charge on any atom is 2.00 e. The quantitative estimate of drug-likeness (QED) is 0.371. The monoisotopic (exact) mass is 396 g/mol. The number of aliphatic hydroxyl groups excluding tert-OH is 1. The van der Waals surface area contributed by atoms with Crippen molar-refractivity contribution in [3.05, 3.63) is 63.2 Å². The van der Waals surface area contributed by atoms with E-state index in [-0.39, 0.29) is 23.5 Å². The Balaban J connectivity index is 0.000000893. The Morgan fingerprint density at radius 3 is 2.27 bits per heavy atom. The summed E-state index contributed by atoms with van der Waals surface area (Å²) < 4.78 is 0. The summed E-state index contributed by atoms with van der Waals surface area (Å²) in [7, 11) is 0. The Bertz CT molecular complexity index is 402. The van der Waals surface area contributed by atoms with Crippen molar-refractivity contribution in [3.8, 4) is 11.8 Å². The molecule has 2 saturated carbocycles. The van der Waals surface area contributed by atoms with Gasteiger partial charge in [-0.1, -0.05) is 25.7 Å². The summed E-state index contributed by atoms with van der Waals surface area (Å²) >= 11 is 0. The van der Waals surface area contributed by atoms with Crippen molar-refractivity contribution < 1.29 is 32.1 Å². The number of carbonyl (C=O) groups is 1. The minimum absolute atomic E-state index is 0. The zero-order valence-corrected chi connectivity index (χ0v) is 16.4. The molecule has 0 unspecified atom stereocenters. The van der Waals surface area contributed by atoms with E-state index >= 15 is 0 Å². The maximum absolute atomic E-state index is 10.5. The summed E-state index contributed by atoms with van der Waals surface area (Å²) in [5.74, 6) is 7.10. The topological polar surface area (TPSA) is 57.5 Å². The number of aliphatic hydroxyl groups is 1. The number of carboxylic acid groups (broad SMARTS) is 1. The SMILES string of the molecule is CCCCCC#C[C]1[CH][CH][CH][C]1[C@@H](O)CCCC(=O)O.[CH]1[CH][CH][CH][CH]1.[Fe+2]. The Labute approximate surface area is 171 Å². The predicted octanol–water partition coefficient (Wildman–Crippen LogP) is 3.98. The number of hydrogen-bond donors (Lipinski definition) is 2. The summed E-state index contributed by atoms with van der Waals surface area (Å²) in [5, 5.41) is 18.7. The average molecular weight is 396 g/mol. The van der Waals surface area contributed by atoms with Crippen molar-refractivity contribution in [1.82, 2.24) is 0 Å². The van der Waals surface area contributed by atoms with Crippen molar-refractivity contribution in [3.63, 3.8) is 0 Å². The van der Waals surface area contributed by atoms with Crippen LogP contribution in [0.5, 0.6) is 0 Å². The number of aliphatic carboxylic acids is 1. The van der Waals surface area contributed by atoms with Crippen LogP contribution in [0.3, 0.4) is 0 Å². The Morgan fingerprint density at radius 1 is 1.04 bits per heavy atom. The molecular formula is C22H28FeO3+2. The number of unbranched alkanes of at least 4 members (excludes halogenated alkanes) is 3. The summed E-state index contributed by atoms with van der Waals surface area (Å²) in [6.07, 6.45) is 20.4. The molecule has 0 heterocycles. The number of carboxylic acids is 1. The fourth-order valence-electron chi connectivity index (χ4n) is 2.38. The summed E-state index contributed by atoms with van der Waals surface area (Å²) in [4.78, 5) is 10.5. The molecule has 140 valence electrons. The molecule has 0 aromatic rings. The normalized spacial score (nSPS) is 18.2. The van der Waals surface area contributed by atoms with Gasteiger partial charge in [-0.3, -0.25) is 4.79 Å². The molecule has 0 bridgehead atoms. The molecule has 0 aromatic carbocycles. The van der Waals surface area contributed by atoms with E-state index in [1.807, 2.05) is 51.4 Å². The third-order valence-corrected chi connectivity index (χ3v) is 3.76. The minimum atomic E-state index is -0.823. The van der Waals surface area contributed by atoms with Crippen LogP contribution in [0.15, 0.2) is 0 Å². The van der Waals surface area contributed by atoms with Crippen LogP contribution in [-0.2, 0) is 21.9 Å². The van der Waals surface area contributed by atoms with Gasteiger partial charge in [0.1, 0.15) is 0 Å². The van der Waals surface area contributed by atoms with Crippen LogP contribution < -0.4 is 0 Å². The van der Waals surface area contributed by atoms with Crippen LogP contribution >= 0.6 is 0 Å². The van der Waals surface area contributed by atoms with E-state index in [4.69, 9.17) is 5.11 Å². The van der Waals surface area contributed by atoms with Gasteiger partial charge < -0.3 is 10.2 Å². The molecule has 2 aliphatic carbocycles. The van der Waals surface area contributed by atoms with Gasteiger partial charge in [0.15, 0.2) is 0 Å². The van der Waals surface area contributed by atoms with E-state index in [0.29, 0.717) is 12.8 Å². The molecule has 26 heavy (non-hydrogen) atoms. The first-order valence-electron chi connectivity index (χ1n) is 8.96. The molecule has 3 nitrogen and oxygen atoms in total. The molecule has 4 heteroatoms. The molecule has 0 aromatic heterocycles. The molecule has 10 radical (unpaired) electrons. The minimum Gasteiger partial charge on any atom is -0.481 e. The van der Waals surface area contributed by atoms with E-state index in [1.54, 1.807) is 0 Å². The predicted molar refractivity (Wildman–Crippen MR) is 100 cm³/mol. The Kier molecular flexibility index (Phi) is 16.4. The van der Waals surface area contributed by atoms with E-state index in [2.05, 4.69) is 18.8 Å². The summed E-state index contributed by atoms with van der Waals surface area (Å²) in [6.45, 7) is 2.16. The van der Waals surface area contributed by atoms with Crippen molar-refractivity contribution >= 4 is 5.97 Å². The zero-order chi connectivity index (χ0) is 18.3. The number of rotatable bonds is 8. The Morgan fingerprint density at radius 2 is 1.69 bits per heavy atom. The number of hydrogen-bond acceptors (Lipinski definition) is 2. The van der Waals surface area contributed by atoms with Gasteiger partial charge in [0.25, 0.3) is 0 Å². The first kappa shape index (κ1) is 25.5. The first-order chi connectivity index (χ1) is 12.1. The van der Waals surface area contributed by atoms with Crippen molar-refractivity contribution in [2.75, 3.05) is 0 Å². The first-order valence-corrected chi connectivity index (χ1v) is 8.96. The molecule has 0 amide bonds. The second kappa shape index (κ2) is 16.7. The zero-order valence-electron chi connectivity index (χ0n) is 15.3. The molecule has 0 spiro atoms. The van der Waals surface area contributed by atoms with E-state index in [0.717, 1.165) is 24.7 Å². The molecule has 2 aliphatic rings. The van der Waals surface area contributed by atoms with Crippen LogP contribution in [-0.4, -0.2) is 22.3 Å². The molecule has 1 atom stereocenters. The molecule has 2 N–H and O–H groups in total. The average Bonchev–Trinajstić information content (AvgIpc) is 3.29. The third kappa shape index (κ3) is 12.0. The van der Waals surface area contributed by atoms with Crippen LogP contribution in [0.1, 0.15) is 51.9 Å². The molecule has 0 aliphatic heterocycles. The van der Waals surface area contributed by atoms with Gasteiger partial charge in [-0.2, -0.15) is 0 Å². The van der Waals surface area contributed by atoms with Gasteiger partial charge in [0.05, 0.1) is 12.0 Å². The van der Waals surface area contributed by atoms with E-state index in [1.165, 1.54) is 12.8 Å². The van der Waals surface area contributed by atoms with Gasteiger partial charge in [0.2, 0.25) is 0 Å². The fraction of sp³-hybridized carbons (Fsp3) is 0.409. The van der Waals surface area contributed by atoms with E-state index in [9.17, 15) is 9.90 Å². The summed E-state index contributed by atoms with van der Waals surface area (Å²) in [5.41, 5.74) is 0. The van der Waals surface area contributed by atoms with Gasteiger partial charge >= 0.3 is 23.0 Å². The second-order valence-corrected chi connectivity index (χ2v) is 5.92. The molecule has 2 rings (SSSR count). The van der Waals surface area contributed by atoms with Crippen LogP contribution in [0.25, 0.3) is 0 Å². The van der Waals surface area contributed by atoms with Gasteiger partial charge in [-0.25, -0.2) is 0 Å². The Hall–Kier alpha value is -0.491. The van der Waals surface area contributed by atoms with Crippen molar-refractivity contribution in [1.29, 1.82) is 0 Å². The van der Waals surface area contributed by atoms with Crippen molar-refractivity contribution in [2.24, 2.45) is 0 Å². The van der Waals surface area contributed by atoms with Gasteiger partial charge in [0, 0.05) is 18.8 Å². The van der Waals surface area contributed by atoms with E-state index < -0.39 is 12.1 Å². The third-order valence-electron chi connectivity index (χ3n) is 3.76. The molecule has 0 saturated heterocycles. The maximum atomic E-state index is 10.5. The van der Waals surface area contributed by atoms with Gasteiger partial charge in [-0.15, -0.1) is 5.92 Å². The fourth-order valence-corrected chi connectivity index (χ4v) is 2.38. The molecular weight excluding hydrogens is 368 g/mol. The smallest absolute Gasteiger partial charge is 0.481 e.